The van der Waals surface area contributed by atoms with Crippen molar-refractivity contribution in [3.63, 3.8) is 0 Å². The van der Waals surface area contributed by atoms with Gasteiger partial charge in [0.2, 0.25) is 0 Å². The third-order valence-corrected chi connectivity index (χ3v) is 4.46. The van der Waals surface area contributed by atoms with Crippen molar-refractivity contribution in [3.05, 3.63) is 45.7 Å². The first-order chi connectivity index (χ1) is 10.0. The maximum Gasteiger partial charge on any atom is 0.197 e. The van der Waals surface area contributed by atoms with Crippen LogP contribution in [0.15, 0.2) is 39.2 Å². The van der Waals surface area contributed by atoms with Gasteiger partial charge in [-0.3, -0.25) is 0 Å². The third kappa shape index (κ3) is 2.97. The van der Waals surface area contributed by atoms with Crippen molar-refractivity contribution in [2.75, 3.05) is 0 Å². The Morgan fingerprint density at radius 3 is 2.71 bits per heavy atom. The van der Waals surface area contributed by atoms with Gasteiger partial charge in [-0.15, -0.1) is 0 Å². The highest BCUT2D eigenvalue weighted by atomic mass is 79.9. The molecule has 3 aromatic rings. The van der Waals surface area contributed by atoms with Crippen molar-refractivity contribution >= 4 is 38.5 Å². The van der Waals surface area contributed by atoms with Gasteiger partial charge >= 0.3 is 0 Å². The highest BCUT2D eigenvalue weighted by Crippen LogP contribution is 2.31. The molecule has 2 aromatic heterocycles. The molecule has 1 aromatic carbocycles. The maximum atomic E-state index is 6.21. The standard InChI is InChI=1S/C16H14BrClN2O/c1-9(2)7-11-14(17)15(18)20-16(19-11)13-8-10-5-3-4-6-12(10)21-13/h3-6,8-9H,7H2,1-2H3. The lowest BCUT2D eigenvalue weighted by atomic mass is 10.1. The van der Waals surface area contributed by atoms with Crippen LogP contribution in [0.5, 0.6) is 0 Å². The van der Waals surface area contributed by atoms with Crippen LogP contribution in [0.1, 0.15) is 19.5 Å². The second-order valence-corrected chi connectivity index (χ2v) is 6.50. The smallest absolute Gasteiger partial charge is 0.197 e. The summed E-state index contributed by atoms with van der Waals surface area (Å²) in [6.07, 6.45) is 0.829. The average molecular weight is 366 g/mol. The number of fused-ring (bicyclic) bond motifs is 1. The van der Waals surface area contributed by atoms with Crippen molar-refractivity contribution in [3.8, 4) is 11.6 Å². The predicted molar refractivity (Wildman–Crippen MR) is 88.5 cm³/mol. The zero-order valence-corrected chi connectivity index (χ0v) is 14.1. The molecule has 0 unspecified atom stereocenters. The van der Waals surface area contributed by atoms with E-state index in [1.165, 1.54) is 0 Å². The molecule has 0 amide bonds. The summed E-state index contributed by atoms with van der Waals surface area (Å²) in [5.41, 5.74) is 1.72. The minimum absolute atomic E-state index is 0.413. The molecule has 0 radical (unpaired) electrons. The molecular weight excluding hydrogens is 352 g/mol. The van der Waals surface area contributed by atoms with E-state index in [-0.39, 0.29) is 0 Å². The van der Waals surface area contributed by atoms with Gasteiger partial charge in [0.1, 0.15) is 10.7 Å². The molecule has 108 valence electrons. The number of benzene rings is 1. The fourth-order valence-corrected chi connectivity index (χ4v) is 2.72. The second-order valence-electron chi connectivity index (χ2n) is 5.35. The van der Waals surface area contributed by atoms with Crippen molar-refractivity contribution in [2.45, 2.75) is 20.3 Å². The quantitative estimate of drug-likeness (QED) is 0.575. The Hall–Kier alpha value is -1.39. The van der Waals surface area contributed by atoms with E-state index < -0.39 is 0 Å². The lowest BCUT2D eigenvalue weighted by Crippen LogP contribution is -2.02. The van der Waals surface area contributed by atoms with Crippen LogP contribution >= 0.6 is 27.5 Å². The summed E-state index contributed by atoms with van der Waals surface area (Å²) < 4.78 is 6.57. The molecule has 2 heterocycles. The van der Waals surface area contributed by atoms with Gasteiger partial charge < -0.3 is 4.42 Å². The highest BCUT2D eigenvalue weighted by Gasteiger charge is 2.16. The first-order valence-corrected chi connectivity index (χ1v) is 7.92. The van der Waals surface area contributed by atoms with E-state index in [0.717, 1.165) is 27.6 Å². The van der Waals surface area contributed by atoms with Gasteiger partial charge in [-0.1, -0.05) is 43.6 Å². The summed E-state index contributed by atoms with van der Waals surface area (Å²) in [7, 11) is 0. The van der Waals surface area contributed by atoms with Gasteiger partial charge in [0.15, 0.2) is 11.6 Å². The molecule has 3 nitrogen and oxygen atoms in total. The zero-order chi connectivity index (χ0) is 15.0. The molecule has 21 heavy (non-hydrogen) atoms. The Labute approximate surface area is 136 Å². The lowest BCUT2D eigenvalue weighted by molar-refractivity contribution is 0.615. The maximum absolute atomic E-state index is 6.21. The molecule has 0 aliphatic carbocycles. The molecule has 0 fully saturated rings. The van der Waals surface area contributed by atoms with Crippen LogP contribution in [0.3, 0.4) is 0 Å². The van der Waals surface area contributed by atoms with E-state index in [1.54, 1.807) is 0 Å². The normalized spacial score (nSPS) is 11.5. The molecule has 0 aliphatic rings. The largest absolute Gasteiger partial charge is 0.453 e. The van der Waals surface area contributed by atoms with Crippen molar-refractivity contribution in [2.24, 2.45) is 5.92 Å². The van der Waals surface area contributed by atoms with Crippen molar-refractivity contribution in [1.82, 2.24) is 9.97 Å². The Balaban J connectivity index is 2.11. The molecule has 0 aliphatic heterocycles. The number of hydrogen-bond donors (Lipinski definition) is 0. The fourth-order valence-electron chi connectivity index (χ4n) is 2.19. The van der Waals surface area contributed by atoms with Crippen LogP contribution in [-0.2, 0) is 6.42 Å². The molecule has 3 rings (SSSR count). The zero-order valence-electron chi connectivity index (χ0n) is 11.7. The van der Waals surface area contributed by atoms with E-state index in [4.69, 9.17) is 16.0 Å². The summed E-state index contributed by atoms with van der Waals surface area (Å²) >= 11 is 9.67. The van der Waals surface area contributed by atoms with Gasteiger partial charge in [0.05, 0.1) is 10.2 Å². The van der Waals surface area contributed by atoms with E-state index in [2.05, 4.69) is 39.7 Å². The van der Waals surface area contributed by atoms with Crippen LogP contribution < -0.4 is 0 Å². The lowest BCUT2D eigenvalue weighted by Gasteiger charge is -2.09. The number of para-hydroxylation sites is 1. The highest BCUT2D eigenvalue weighted by molar-refractivity contribution is 9.10. The van der Waals surface area contributed by atoms with E-state index in [0.29, 0.717) is 22.7 Å². The number of rotatable bonds is 3. The Morgan fingerprint density at radius 2 is 2.00 bits per heavy atom. The van der Waals surface area contributed by atoms with E-state index in [9.17, 15) is 0 Å². The number of aromatic nitrogens is 2. The fraction of sp³-hybridized carbons (Fsp3) is 0.250. The third-order valence-electron chi connectivity index (χ3n) is 3.13. The predicted octanol–water partition coefficient (Wildman–Crippen LogP) is 5.50. The first kappa shape index (κ1) is 14.5. The minimum atomic E-state index is 0.413. The minimum Gasteiger partial charge on any atom is -0.453 e. The van der Waals surface area contributed by atoms with Gasteiger partial charge in [-0.25, -0.2) is 9.97 Å². The molecule has 5 heteroatoms. The van der Waals surface area contributed by atoms with E-state index >= 15 is 0 Å². The summed E-state index contributed by atoms with van der Waals surface area (Å²) in [6.45, 7) is 4.28. The van der Waals surface area contributed by atoms with Gasteiger partial charge in [-0.2, -0.15) is 0 Å². The molecule has 0 saturated heterocycles. The van der Waals surface area contributed by atoms with Gasteiger partial charge in [-0.05, 0) is 40.4 Å². The Bertz CT molecular complexity index is 765. The molecule has 0 N–H and O–H groups in total. The van der Waals surface area contributed by atoms with Crippen LogP contribution in [0.4, 0.5) is 0 Å². The van der Waals surface area contributed by atoms with Gasteiger partial charge in [0, 0.05) is 5.39 Å². The average Bonchev–Trinajstić information content (AvgIpc) is 2.87. The number of nitrogens with zero attached hydrogens (tertiary/aromatic N) is 2. The summed E-state index contributed by atoms with van der Waals surface area (Å²) in [4.78, 5) is 8.92. The van der Waals surface area contributed by atoms with E-state index in [1.807, 2.05) is 30.3 Å². The van der Waals surface area contributed by atoms with Crippen LogP contribution in [-0.4, -0.2) is 9.97 Å². The Kier molecular flexibility index (Phi) is 4.00. The van der Waals surface area contributed by atoms with Gasteiger partial charge in [0.25, 0.3) is 0 Å². The number of halogens is 2. The Morgan fingerprint density at radius 1 is 1.24 bits per heavy atom. The summed E-state index contributed by atoms with van der Waals surface area (Å²) in [6, 6.07) is 9.77. The van der Waals surface area contributed by atoms with Crippen LogP contribution in [0, 0.1) is 5.92 Å². The first-order valence-electron chi connectivity index (χ1n) is 6.75. The SMILES string of the molecule is CC(C)Cc1nc(-c2cc3ccccc3o2)nc(Cl)c1Br. The second kappa shape index (κ2) is 5.78. The molecule has 0 atom stereocenters. The topological polar surface area (TPSA) is 38.9 Å². The molecule has 0 saturated carbocycles. The number of furan rings is 1. The molecular formula is C16H14BrClN2O. The summed E-state index contributed by atoms with van der Waals surface area (Å²) in [5.74, 6) is 1.64. The number of hydrogen-bond acceptors (Lipinski definition) is 3. The van der Waals surface area contributed by atoms with Crippen LogP contribution in [0.2, 0.25) is 5.15 Å². The van der Waals surface area contributed by atoms with Crippen LogP contribution in [0.25, 0.3) is 22.6 Å². The van der Waals surface area contributed by atoms with Crippen molar-refractivity contribution < 1.29 is 4.42 Å². The molecule has 0 spiro atoms. The van der Waals surface area contributed by atoms with Crippen molar-refractivity contribution in [1.29, 1.82) is 0 Å². The monoisotopic (exact) mass is 364 g/mol. The summed E-state index contributed by atoms with van der Waals surface area (Å²) in [5, 5.41) is 1.44. The molecule has 0 bridgehead atoms.